The zero-order valence-electron chi connectivity index (χ0n) is 20.4. The van der Waals surface area contributed by atoms with Crippen molar-refractivity contribution in [2.45, 2.75) is 89.9 Å². The van der Waals surface area contributed by atoms with Crippen molar-refractivity contribution < 1.29 is 13.5 Å². The van der Waals surface area contributed by atoms with E-state index in [1.807, 2.05) is 13.0 Å². The fraction of sp³-hybridized carbons (Fsp3) is 0.667. The Hall–Kier alpha value is -1.64. The Morgan fingerprint density at radius 2 is 1.48 bits per heavy atom. The van der Waals surface area contributed by atoms with Gasteiger partial charge in [0.05, 0.1) is 0 Å². The lowest BCUT2D eigenvalue weighted by Gasteiger charge is -2.45. The second kappa shape index (κ2) is 11.7. The summed E-state index contributed by atoms with van der Waals surface area (Å²) in [6.07, 6.45) is 21.2. The lowest BCUT2D eigenvalue weighted by molar-refractivity contribution is 0.0621. The molecule has 0 radical (unpaired) electrons. The lowest BCUT2D eigenvalue weighted by atomic mass is 9.60. The SMILES string of the molecule is C=CCCC1CCC2CC(C3CCC(c4cc(F)c(OC/C=C/C)c(F)c4)CC3)CCC2C1. The molecule has 0 spiro atoms. The molecule has 0 bridgehead atoms. The molecule has 1 aromatic carbocycles. The van der Waals surface area contributed by atoms with Crippen LogP contribution in [0.25, 0.3) is 0 Å². The van der Waals surface area contributed by atoms with E-state index in [0.29, 0.717) is 0 Å². The van der Waals surface area contributed by atoms with Crippen molar-refractivity contribution in [2.24, 2.45) is 29.6 Å². The van der Waals surface area contributed by atoms with Crippen LogP contribution in [0, 0.1) is 41.2 Å². The molecule has 4 unspecified atom stereocenters. The molecule has 33 heavy (non-hydrogen) atoms. The number of rotatable bonds is 8. The van der Waals surface area contributed by atoms with Crippen LogP contribution < -0.4 is 4.74 Å². The van der Waals surface area contributed by atoms with E-state index < -0.39 is 11.6 Å². The molecule has 0 N–H and O–H groups in total. The zero-order chi connectivity index (χ0) is 23.2. The summed E-state index contributed by atoms with van der Waals surface area (Å²) >= 11 is 0. The van der Waals surface area contributed by atoms with Crippen molar-refractivity contribution in [1.82, 2.24) is 0 Å². The smallest absolute Gasteiger partial charge is 0.191 e. The first-order chi connectivity index (χ1) is 16.1. The highest BCUT2D eigenvalue weighted by Crippen LogP contribution is 2.50. The summed E-state index contributed by atoms with van der Waals surface area (Å²) in [6, 6.07) is 3.02. The Balaban J connectivity index is 1.28. The van der Waals surface area contributed by atoms with Crippen molar-refractivity contribution in [3.63, 3.8) is 0 Å². The normalized spacial score (nSPS) is 32.5. The molecule has 0 saturated heterocycles. The van der Waals surface area contributed by atoms with Gasteiger partial charge < -0.3 is 4.74 Å². The number of hydrogen-bond donors (Lipinski definition) is 0. The minimum absolute atomic E-state index is 0.188. The van der Waals surface area contributed by atoms with Crippen molar-refractivity contribution >= 4 is 0 Å². The highest BCUT2D eigenvalue weighted by molar-refractivity contribution is 5.33. The predicted octanol–water partition coefficient (Wildman–Crippen LogP) is 8.99. The van der Waals surface area contributed by atoms with E-state index in [2.05, 4.69) is 12.7 Å². The standard InChI is InChI=1S/C30H42F2O/c1-3-5-7-21-8-9-26-18-25(15-14-24(26)17-21)22-10-12-23(13-11-22)27-19-28(31)30(29(32)20-27)33-16-6-4-2/h3-4,6,19-26H,1,5,7-18H2,2H3/b6-4+. The average molecular weight is 457 g/mol. The minimum atomic E-state index is -0.571. The molecule has 3 saturated carbocycles. The second-order valence-electron chi connectivity index (χ2n) is 10.9. The van der Waals surface area contributed by atoms with Crippen LogP contribution in [0.3, 0.4) is 0 Å². The molecule has 0 aromatic heterocycles. The van der Waals surface area contributed by atoms with Gasteiger partial charge in [-0.25, -0.2) is 8.78 Å². The van der Waals surface area contributed by atoms with Gasteiger partial charge in [0, 0.05) is 0 Å². The summed E-state index contributed by atoms with van der Waals surface area (Å²) in [7, 11) is 0. The number of halogens is 2. The number of fused-ring (bicyclic) bond motifs is 1. The van der Waals surface area contributed by atoms with Crippen LogP contribution in [0.2, 0.25) is 0 Å². The molecular formula is C30H42F2O. The third-order valence-electron chi connectivity index (χ3n) is 9.03. The Morgan fingerprint density at radius 1 is 0.879 bits per heavy atom. The molecule has 1 nitrogen and oxygen atoms in total. The first-order valence-corrected chi connectivity index (χ1v) is 13.4. The minimum Gasteiger partial charge on any atom is -0.483 e. The van der Waals surface area contributed by atoms with Gasteiger partial charge in [0.15, 0.2) is 17.4 Å². The van der Waals surface area contributed by atoms with Crippen LogP contribution in [0.5, 0.6) is 5.75 Å². The van der Waals surface area contributed by atoms with Gasteiger partial charge >= 0.3 is 0 Å². The van der Waals surface area contributed by atoms with Gasteiger partial charge in [0.2, 0.25) is 0 Å². The molecule has 4 rings (SSSR count). The Bertz CT molecular complexity index is 785. The molecule has 4 atom stereocenters. The van der Waals surface area contributed by atoms with Crippen LogP contribution in [0.15, 0.2) is 36.9 Å². The third-order valence-corrected chi connectivity index (χ3v) is 9.03. The molecule has 0 aliphatic heterocycles. The summed E-state index contributed by atoms with van der Waals surface area (Å²) in [4.78, 5) is 0. The van der Waals surface area contributed by atoms with Gasteiger partial charge in [0.1, 0.15) is 6.61 Å². The van der Waals surface area contributed by atoms with Gasteiger partial charge in [-0.15, -0.1) is 6.58 Å². The Kier molecular flexibility index (Phi) is 8.66. The first-order valence-electron chi connectivity index (χ1n) is 13.4. The number of benzene rings is 1. The third kappa shape index (κ3) is 6.08. The maximum Gasteiger partial charge on any atom is 0.191 e. The topological polar surface area (TPSA) is 9.23 Å². The fourth-order valence-electron chi connectivity index (χ4n) is 7.17. The largest absolute Gasteiger partial charge is 0.483 e. The molecule has 3 fully saturated rings. The van der Waals surface area contributed by atoms with Crippen molar-refractivity contribution in [2.75, 3.05) is 6.61 Å². The van der Waals surface area contributed by atoms with E-state index in [-0.39, 0.29) is 18.3 Å². The molecule has 0 amide bonds. The van der Waals surface area contributed by atoms with Gasteiger partial charge in [-0.3, -0.25) is 0 Å². The van der Waals surface area contributed by atoms with Crippen LogP contribution in [-0.4, -0.2) is 6.61 Å². The summed E-state index contributed by atoms with van der Waals surface area (Å²) < 4.78 is 34.3. The highest BCUT2D eigenvalue weighted by Gasteiger charge is 2.38. The van der Waals surface area contributed by atoms with Crippen molar-refractivity contribution in [3.05, 3.63) is 54.1 Å². The zero-order valence-corrected chi connectivity index (χ0v) is 20.4. The maximum atomic E-state index is 14.5. The first kappa shape index (κ1) is 24.5. The van der Waals surface area contributed by atoms with E-state index in [0.717, 1.165) is 48.0 Å². The number of ether oxygens (including phenoxy) is 1. The molecular weight excluding hydrogens is 414 g/mol. The van der Waals surface area contributed by atoms with E-state index in [9.17, 15) is 8.78 Å². The van der Waals surface area contributed by atoms with Gasteiger partial charge in [-0.05, 0) is 131 Å². The summed E-state index contributed by atoms with van der Waals surface area (Å²) in [5.74, 6) is 3.38. The maximum absolute atomic E-state index is 14.5. The van der Waals surface area contributed by atoms with E-state index in [1.165, 1.54) is 76.3 Å². The molecule has 0 heterocycles. The van der Waals surface area contributed by atoms with Crippen LogP contribution >= 0.6 is 0 Å². The summed E-state index contributed by atoms with van der Waals surface area (Å²) in [6.45, 7) is 5.94. The van der Waals surface area contributed by atoms with Gasteiger partial charge in [0.25, 0.3) is 0 Å². The van der Waals surface area contributed by atoms with Crippen molar-refractivity contribution in [3.8, 4) is 5.75 Å². The number of allylic oxidation sites excluding steroid dienone is 2. The van der Waals surface area contributed by atoms with Crippen molar-refractivity contribution in [1.29, 1.82) is 0 Å². The molecule has 3 aliphatic rings. The van der Waals surface area contributed by atoms with Gasteiger partial charge in [-0.2, -0.15) is 0 Å². The highest BCUT2D eigenvalue weighted by atomic mass is 19.1. The monoisotopic (exact) mass is 456 g/mol. The van der Waals surface area contributed by atoms with Crippen LogP contribution in [0.4, 0.5) is 8.78 Å². The Morgan fingerprint density at radius 3 is 2.15 bits per heavy atom. The number of hydrogen-bond acceptors (Lipinski definition) is 1. The average Bonchev–Trinajstić information content (AvgIpc) is 2.84. The van der Waals surface area contributed by atoms with Gasteiger partial charge in [-0.1, -0.05) is 24.6 Å². The van der Waals surface area contributed by atoms with E-state index in [1.54, 1.807) is 6.08 Å². The quantitative estimate of drug-likeness (QED) is 0.355. The lowest BCUT2D eigenvalue weighted by Crippen LogP contribution is -2.34. The Labute approximate surface area is 199 Å². The van der Waals surface area contributed by atoms with E-state index in [4.69, 9.17) is 4.74 Å². The fourth-order valence-corrected chi connectivity index (χ4v) is 7.17. The van der Waals surface area contributed by atoms with Crippen LogP contribution in [-0.2, 0) is 0 Å². The van der Waals surface area contributed by atoms with Crippen LogP contribution in [0.1, 0.15) is 95.5 Å². The molecule has 3 heteroatoms. The summed E-state index contributed by atoms with van der Waals surface area (Å²) in [5, 5.41) is 0. The molecule has 1 aromatic rings. The summed E-state index contributed by atoms with van der Waals surface area (Å²) in [5.41, 5.74) is 0.809. The molecule has 3 aliphatic carbocycles. The van der Waals surface area contributed by atoms with E-state index >= 15 is 0 Å². The molecule has 182 valence electrons. The second-order valence-corrected chi connectivity index (χ2v) is 10.9. The predicted molar refractivity (Wildman–Crippen MR) is 132 cm³/mol.